The molecular weight excluding hydrogens is 218 g/mol. The van der Waals surface area contributed by atoms with Crippen molar-refractivity contribution in [1.82, 2.24) is 5.32 Å². The molecule has 0 bridgehead atoms. The van der Waals surface area contributed by atoms with E-state index in [1.54, 1.807) is 6.92 Å². The van der Waals surface area contributed by atoms with Crippen molar-refractivity contribution in [2.45, 2.75) is 31.6 Å². The number of terminal acetylenes is 1. The van der Waals surface area contributed by atoms with Crippen molar-refractivity contribution in [3.05, 3.63) is 0 Å². The van der Waals surface area contributed by atoms with E-state index in [-0.39, 0.29) is 22.7 Å². The van der Waals surface area contributed by atoms with E-state index in [0.717, 1.165) is 0 Å². The topological polar surface area (TPSA) is 29.1 Å². The summed E-state index contributed by atoms with van der Waals surface area (Å²) in [6.07, 6.45) is 5.12. The predicted octanol–water partition coefficient (Wildman–Crippen LogP) is 1.54. The Morgan fingerprint density at radius 1 is 1.50 bits per heavy atom. The molecule has 2 atom stereocenters. The average molecular weight is 232 g/mol. The number of hydrogen-bond donors (Lipinski definition) is 1. The monoisotopic (exact) mass is 231 g/mol. The molecule has 0 aromatic carbocycles. The molecule has 1 N–H and O–H groups in total. The number of carbonyl (C=O) groups excluding carboxylic acids is 1. The minimum atomic E-state index is -0.198. The summed E-state index contributed by atoms with van der Waals surface area (Å²) in [7, 11) is 0. The fourth-order valence-electron chi connectivity index (χ4n) is 0.637. The summed E-state index contributed by atoms with van der Waals surface area (Å²) in [6.45, 7) is 5.72. The first-order valence-electron chi connectivity index (χ1n) is 3.89. The van der Waals surface area contributed by atoms with Crippen molar-refractivity contribution in [2.24, 2.45) is 5.92 Å². The Morgan fingerprint density at radius 2 is 2.00 bits per heavy atom. The molecule has 0 heterocycles. The smallest absolute Gasteiger partial charge is 0.235 e. The van der Waals surface area contributed by atoms with Gasteiger partial charge < -0.3 is 5.32 Å². The van der Waals surface area contributed by atoms with Gasteiger partial charge in [0.1, 0.15) is 0 Å². The van der Waals surface area contributed by atoms with Gasteiger partial charge in [-0.05, 0) is 12.8 Å². The van der Waals surface area contributed by atoms with Crippen molar-refractivity contribution >= 4 is 21.8 Å². The van der Waals surface area contributed by atoms with Crippen LogP contribution in [-0.4, -0.2) is 16.8 Å². The largest absolute Gasteiger partial charge is 0.342 e. The summed E-state index contributed by atoms with van der Waals surface area (Å²) in [5, 5.41) is 2.69. The Bertz CT molecular complexity index is 195. The normalized spacial score (nSPS) is 15.0. The van der Waals surface area contributed by atoms with Gasteiger partial charge in [-0.15, -0.1) is 6.42 Å². The number of rotatable bonds is 3. The number of alkyl halides is 1. The first-order chi connectivity index (χ1) is 5.49. The second-order valence-corrected chi connectivity index (χ2v) is 4.03. The highest BCUT2D eigenvalue weighted by Crippen LogP contribution is 2.11. The van der Waals surface area contributed by atoms with E-state index in [0.29, 0.717) is 0 Å². The minimum absolute atomic E-state index is 0.0459. The molecule has 0 aromatic heterocycles. The van der Waals surface area contributed by atoms with Crippen molar-refractivity contribution in [3.63, 3.8) is 0 Å². The van der Waals surface area contributed by atoms with Gasteiger partial charge in [0.15, 0.2) is 0 Å². The van der Waals surface area contributed by atoms with Crippen LogP contribution in [0, 0.1) is 18.3 Å². The van der Waals surface area contributed by atoms with Gasteiger partial charge >= 0.3 is 0 Å². The van der Waals surface area contributed by atoms with E-state index in [1.165, 1.54) is 0 Å². The lowest BCUT2D eigenvalue weighted by molar-refractivity contribution is -0.121. The molecule has 0 aliphatic heterocycles. The molecule has 0 aliphatic rings. The van der Waals surface area contributed by atoms with Crippen LogP contribution in [0.5, 0.6) is 0 Å². The third-order valence-corrected chi connectivity index (χ3v) is 2.92. The Hall–Kier alpha value is -0.490. The maximum Gasteiger partial charge on any atom is 0.235 e. The standard InChI is InChI=1S/C9H14BrNO/c1-5-7(4)11-9(12)8(10)6(2)3/h1,6-8H,2-4H3,(H,11,12). The van der Waals surface area contributed by atoms with Crippen molar-refractivity contribution in [2.75, 3.05) is 0 Å². The Balaban J connectivity index is 3.98. The van der Waals surface area contributed by atoms with Crippen LogP contribution in [-0.2, 0) is 4.79 Å². The van der Waals surface area contributed by atoms with Crippen LogP contribution >= 0.6 is 15.9 Å². The molecule has 12 heavy (non-hydrogen) atoms. The van der Waals surface area contributed by atoms with Crippen LogP contribution in [0.2, 0.25) is 0 Å². The van der Waals surface area contributed by atoms with Crippen molar-refractivity contribution < 1.29 is 4.79 Å². The molecule has 1 amide bonds. The van der Waals surface area contributed by atoms with Gasteiger partial charge in [0.05, 0.1) is 10.9 Å². The molecule has 0 saturated heterocycles. The van der Waals surface area contributed by atoms with Gasteiger partial charge in [-0.2, -0.15) is 0 Å². The summed E-state index contributed by atoms with van der Waals surface area (Å²) in [5.74, 6) is 2.66. The van der Waals surface area contributed by atoms with Gasteiger partial charge in [-0.3, -0.25) is 4.79 Å². The molecule has 3 heteroatoms. The Labute approximate surface area is 82.2 Å². The van der Waals surface area contributed by atoms with Crippen LogP contribution in [0.3, 0.4) is 0 Å². The zero-order valence-electron chi connectivity index (χ0n) is 7.60. The van der Waals surface area contributed by atoms with E-state index in [2.05, 4.69) is 27.2 Å². The van der Waals surface area contributed by atoms with Gasteiger partial charge in [-0.1, -0.05) is 35.7 Å². The van der Waals surface area contributed by atoms with Crippen LogP contribution in [0.25, 0.3) is 0 Å². The Kier molecular flexibility index (Phi) is 5.00. The zero-order chi connectivity index (χ0) is 9.72. The van der Waals surface area contributed by atoms with Crippen LogP contribution in [0.15, 0.2) is 0 Å². The molecule has 0 rings (SSSR count). The van der Waals surface area contributed by atoms with Crippen LogP contribution in [0.1, 0.15) is 20.8 Å². The van der Waals surface area contributed by atoms with E-state index < -0.39 is 0 Å². The third-order valence-electron chi connectivity index (χ3n) is 1.44. The molecule has 0 spiro atoms. The molecule has 0 aliphatic carbocycles. The van der Waals surface area contributed by atoms with Gasteiger partial charge in [-0.25, -0.2) is 0 Å². The Morgan fingerprint density at radius 3 is 2.33 bits per heavy atom. The first kappa shape index (κ1) is 11.5. The highest BCUT2D eigenvalue weighted by atomic mass is 79.9. The quantitative estimate of drug-likeness (QED) is 0.580. The lowest BCUT2D eigenvalue weighted by atomic mass is 10.1. The van der Waals surface area contributed by atoms with E-state index in [4.69, 9.17) is 6.42 Å². The molecule has 2 nitrogen and oxygen atoms in total. The number of nitrogens with one attached hydrogen (secondary N) is 1. The highest BCUT2D eigenvalue weighted by Gasteiger charge is 2.18. The molecule has 68 valence electrons. The third kappa shape index (κ3) is 3.77. The fraction of sp³-hybridized carbons (Fsp3) is 0.667. The van der Waals surface area contributed by atoms with E-state index in [1.807, 2.05) is 13.8 Å². The first-order valence-corrected chi connectivity index (χ1v) is 4.81. The second-order valence-electron chi connectivity index (χ2n) is 3.04. The molecule has 0 radical (unpaired) electrons. The molecule has 0 saturated carbocycles. The second kappa shape index (κ2) is 5.21. The van der Waals surface area contributed by atoms with Crippen molar-refractivity contribution in [3.8, 4) is 12.3 Å². The summed E-state index contributed by atoms with van der Waals surface area (Å²) in [6, 6.07) is -0.198. The summed E-state index contributed by atoms with van der Waals surface area (Å²) < 4.78 is 0. The molecular formula is C9H14BrNO. The van der Waals surface area contributed by atoms with Crippen LogP contribution < -0.4 is 5.32 Å². The maximum atomic E-state index is 11.3. The van der Waals surface area contributed by atoms with E-state index in [9.17, 15) is 4.79 Å². The maximum absolute atomic E-state index is 11.3. The number of hydrogen-bond acceptors (Lipinski definition) is 1. The lowest BCUT2D eigenvalue weighted by Crippen LogP contribution is -2.38. The summed E-state index contributed by atoms with van der Waals surface area (Å²) in [5.41, 5.74) is 0. The predicted molar refractivity (Wildman–Crippen MR) is 54.0 cm³/mol. The molecule has 0 aromatic rings. The highest BCUT2D eigenvalue weighted by molar-refractivity contribution is 9.10. The van der Waals surface area contributed by atoms with Gasteiger partial charge in [0, 0.05) is 0 Å². The van der Waals surface area contributed by atoms with Crippen LogP contribution in [0.4, 0.5) is 0 Å². The number of amides is 1. The SMILES string of the molecule is C#CC(C)NC(=O)C(Br)C(C)C. The lowest BCUT2D eigenvalue weighted by Gasteiger charge is -2.15. The number of carbonyl (C=O) groups is 1. The number of halogens is 1. The zero-order valence-corrected chi connectivity index (χ0v) is 9.18. The summed E-state index contributed by atoms with van der Waals surface area (Å²) in [4.78, 5) is 11.1. The fourth-order valence-corrected chi connectivity index (χ4v) is 0.770. The average Bonchev–Trinajstić information content (AvgIpc) is 2.02. The van der Waals surface area contributed by atoms with Crippen molar-refractivity contribution in [1.29, 1.82) is 0 Å². The van der Waals surface area contributed by atoms with E-state index >= 15 is 0 Å². The van der Waals surface area contributed by atoms with Gasteiger partial charge in [0.25, 0.3) is 0 Å². The summed E-state index contributed by atoms with van der Waals surface area (Å²) >= 11 is 3.28. The minimum Gasteiger partial charge on any atom is -0.342 e. The van der Waals surface area contributed by atoms with Gasteiger partial charge in [0.2, 0.25) is 5.91 Å². The molecule has 0 fully saturated rings. The molecule has 2 unspecified atom stereocenters.